The molecule has 1 rings (SSSR count). The van der Waals surface area contributed by atoms with Crippen LogP contribution in [0.3, 0.4) is 0 Å². The summed E-state index contributed by atoms with van der Waals surface area (Å²) in [6.45, 7) is 5.13. The maximum absolute atomic E-state index is 11.3. The van der Waals surface area contributed by atoms with Gasteiger partial charge in [-0.2, -0.15) is 11.8 Å². The van der Waals surface area contributed by atoms with Gasteiger partial charge in [0.2, 0.25) is 5.91 Å². The lowest BCUT2D eigenvalue weighted by molar-refractivity contribution is -0.128. The van der Waals surface area contributed by atoms with E-state index in [1.54, 1.807) is 16.7 Å². The summed E-state index contributed by atoms with van der Waals surface area (Å²) in [6, 6.07) is 0. The Morgan fingerprint density at radius 1 is 1.46 bits per heavy atom. The van der Waals surface area contributed by atoms with E-state index in [-0.39, 0.29) is 22.9 Å². The molecule has 1 fully saturated rings. The number of rotatable bonds is 3. The molecule has 0 spiro atoms. The van der Waals surface area contributed by atoms with Gasteiger partial charge < -0.3 is 4.90 Å². The van der Waals surface area contributed by atoms with Crippen LogP contribution in [0.25, 0.3) is 0 Å². The van der Waals surface area contributed by atoms with Crippen LogP contribution < -0.4 is 0 Å². The average molecular weight is 201 g/mol. The van der Waals surface area contributed by atoms with Crippen LogP contribution in [-0.4, -0.2) is 40.7 Å². The molecule has 0 aromatic carbocycles. The number of carbonyl (C=O) groups is 2. The molecule has 1 heterocycles. The zero-order valence-corrected chi connectivity index (χ0v) is 9.11. The SMILES string of the molecule is CSC(C)(C)CN1CC(=O)CC1=O. The van der Waals surface area contributed by atoms with Crippen molar-refractivity contribution < 1.29 is 9.59 Å². The number of thioether (sulfide) groups is 1. The highest BCUT2D eigenvalue weighted by molar-refractivity contribution is 7.99. The standard InChI is InChI=1S/C9H15NO2S/c1-9(2,13-3)6-10-5-7(11)4-8(10)12/h4-6H2,1-3H3. The van der Waals surface area contributed by atoms with Crippen molar-refractivity contribution in [1.29, 1.82) is 0 Å². The highest BCUT2D eigenvalue weighted by Gasteiger charge is 2.31. The first-order chi connectivity index (χ1) is 5.94. The highest BCUT2D eigenvalue weighted by Crippen LogP contribution is 2.23. The maximum atomic E-state index is 11.3. The molecule has 0 radical (unpaired) electrons. The molecule has 0 unspecified atom stereocenters. The summed E-state index contributed by atoms with van der Waals surface area (Å²) in [5, 5.41) is 0. The monoisotopic (exact) mass is 201 g/mol. The molecule has 0 saturated carbocycles. The third-order valence-electron chi connectivity index (χ3n) is 2.19. The van der Waals surface area contributed by atoms with Crippen molar-refractivity contribution in [1.82, 2.24) is 4.90 Å². The number of ketones is 1. The molecule has 3 nitrogen and oxygen atoms in total. The maximum Gasteiger partial charge on any atom is 0.230 e. The van der Waals surface area contributed by atoms with Crippen LogP contribution in [0.4, 0.5) is 0 Å². The van der Waals surface area contributed by atoms with Crippen molar-refractivity contribution >= 4 is 23.5 Å². The Morgan fingerprint density at radius 2 is 2.08 bits per heavy atom. The number of amides is 1. The van der Waals surface area contributed by atoms with E-state index in [4.69, 9.17) is 0 Å². The third-order valence-corrected chi connectivity index (χ3v) is 3.43. The third kappa shape index (κ3) is 2.72. The lowest BCUT2D eigenvalue weighted by Gasteiger charge is -2.27. The Hall–Kier alpha value is -0.510. The Kier molecular flexibility index (Phi) is 3.01. The number of hydrogen-bond acceptors (Lipinski definition) is 3. The first-order valence-corrected chi connectivity index (χ1v) is 5.52. The van der Waals surface area contributed by atoms with Crippen LogP contribution in [0, 0.1) is 0 Å². The largest absolute Gasteiger partial charge is 0.334 e. The normalized spacial score (nSPS) is 18.5. The molecule has 0 atom stereocenters. The van der Waals surface area contributed by atoms with E-state index in [1.165, 1.54) is 0 Å². The van der Waals surface area contributed by atoms with Crippen molar-refractivity contribution in [2.45, 2.75) is 25.0 Å². The van der Waals surface area contributed by atoms with Crippen LogP contribution >= 0.6 is 11.8 Å². The average Bonchev–Trinajstić information content (AvgIpc) is 2.30. The summed E-state index contributed by atoms with van der Waals surface area (Å²) in [6.07, 6.45) is 2.12. The quantitative estimate of drug-likeness (QED) is 0.637. The van der Waals surface area contributed by atoms with Crippen LogP contribution in [0.15, 0.2) is 0 Å². The molecule has 13 heavy (non-hydrogen) atoms. The number of carbonyl (C=O) groups excluding carboxylic acids is 2. The number of Topliss-reactive ketones (excluding diaryl/α,β-unsaturated/α-hetero) is 1. The molecule has 1 aliphatic heterocycles. The molecule has 0 aliphatic carbocycles. The predicted molar refractivity (Wildman–Crippen MR) is 53.8 cm³/mol. The second-order valence-corrected chi connectivity index (χ2v) is 5.44. The minimum Gasteiger partial charge on any atom is -0.334 e. The van der Waals surface area contributed by atoms with Gasteiger partial charge in [0.1, 0.15) is 0 Å². The van der Waals surface area contributed by atoms with Crippen molar-refractivity contribution in [3.8, 4) is 0 Å². The minimum atomic E-state index is -0.0212. The van der Waals surface area contributed by atoms with Gasteiger partial charge in [-0.15, -0.1) is 0 Å². The summed E-state index contributed by atoms with van der Waals surface area (Å²) < 4.78 is 0.0419. The van der Waals surface area contributed by atoms with Crippen LogP contribution in [0.1, 0.15) is 20.3 Å². The molecule has 4 heteroatoms. The van der Waals surface area contributed by atoms with Crippen molar-refractivity contribution in [2.24, 2.45) is 0 Å². The van der Waals surface area contributed by atoms with Crippen LogP contribution in [-0.2, 0) is 9.59 Å². The lowest BCUT2D eigenvalue weighted by atomic mass is 10.2. The summed E-state index contributed by atoms with van der Waals surface area (Å²) in [7, 11) is 0. The predicted octanol–water partition coefficient (Wildman–Crippen LogP) is 0.929. The molecule has 74 valence electrons. The first-order valence-electron chi connectivity index (χ1n) is 4.29. The summed E-state index contributed by atoms with van der Waals surface area (Å²) in [5.41, 5.74) is 0. The van der Waals surface area contributed by atoms with E-state index >= 15 is 0 Å². The summed E-state index contributed by atoms with van der Waals surface area (Å²) in [4.78, 5) is 23.9. The number of hydrogen-bond donors (Lipinski definition) is 0. The first kappa shape index (κ1) is 10.6. The minimum absolute atomic E-state index is 0.0212. The van der Waals surface area contributed by atoms with Crippen LogP contribution in [0.5, 0.6) is 0 Å². The Balaban J connectivity index is 2.55. The molecule has 0 N–H and O–H groups in total. The molecular formula is C9H15NO2S. The van der Waals surface area contributed by atoms with Gasteiger partial charge in [0, 0.05) is 11.3 Å². The molecular weight excluding hydrogens is 186 g/mol. The van der Waals surface area contributed by atoms with Gasteiger partial charge in [0.15, 0.2) is 5.78 Å². The second kappa shape index (κ2) is 3.70. The van der Waals surface area contributed by atoms with Gasteiger partial charge in [-0.05, 0) is 20.1 Å². The zero-order valence-electron chi connectivity index (χ0n) is 8.29. The summed E-state index contributed by atoms with van der Waals surface area (Å²) in [5.74, 6) is 0.0222. The second-order valence-electron chi connectivity index (χ2n) is 3.93. The van der Waals surface area contributed by atoms with Crippen LogP contribution in [0.2, 0.25) is 0 Å². The number of likely N-dealkylation sites (tertiary alicyclic amines) is 1. The molecule has 0 aromatic rings. The van der Waals surface area contributed by atoms with Gasteiger partial charge in [0.05, 0.1) is 13.0 Å². The van der Waals surface area contributed by atoms with E-state index in [9.17, 15) is 9.59 Å². The van der Waals surface area contributed by atoms with E-state index < -0.39 is 0 Å². The van der Waals surface area contributed by atoms with Gasteiger partial charge >= 0.3 is 0 Å². The van der Waals surface area contributed by atoms with Crippen molar-refractivity contribution in [2.75, 3.05) is 19.3 Å². The van der Waals surface area contributed by atoms with Gasteiger partial charge in [-0.3, -0.25) is 9.59 Å². The van der Waals surface area contributed by atoms with E-state index in [2.05, 4.69) is 13.8 Å². The summed E-state index contributed by atoms with van der Waals surface area (Å²) >= 11 is 1.71. The van der Waals surface area contributed by atoms with E-state index in [0.29, 0.717) is 13.1 Å². The molecule has 1 amide bonds. The molecule has 0 bridgehead atoms. The Bertz CT molecular complexity index is 238. The lowest BCUT2D eigenvalue weighted by Crippen LogP contribution is -2.37. The highest BCUT2D eigenvalue weighted by atomic mass is 32.2. The fraction of sp³-hybridized carbons (Fsp3) is 0.778. The Labute approximate surface area is 82.9 Å². The Morgan fingerprint density at radius 3 is 2.46 bits per heavy atom. The zero-order chi connectivity index (χ0) is 10.1. The van der Waals surface area contributed by atoms with Gasteiger partial charge in [-0.1, -0.05) is 0 Å². The van der Waals surface area contributed by atoms with Crippen molar-refractivity contribution in [3.05, 3.63) is 0 Å². The van der Waals surface area contributed by atoms with Gasteiger partial charge in [-0.25, -0.2) is 0 Å². The fourth-order valence-electron chi connectivity index (χ4n) is 1.31. The number of nitrogens with zero attached hydrogens (tertiary/aromatic N) is 1. The fourth-order valence-corrected chi connectivity index (χ4v) is 1.59. The topological polar surface area (TPSA) is 37.4 Å². The smallest absolute Gasteiger partial charge is 0.230 e. The van der Waals surface area contributed by atoms with Crippen molar-refractivity contribution in [3.63, 3.8) is 0 Å². The van der Waals surface area contributed by atoms with E-state index in [1.807, 2.05) is 6.26 Å². The molecule has 1 saturated heterocycles. The van der Waals surface area contributed by atoms with E-state index in [0.717, 1.165) is 0 Å². The molecule has 1 aliphatic rings. The molecule has 0 aromatic heterocycles. The van der Waals surface area contributed by atoms with Gasteiger partial charge in [0.25, 0.3) is 0 Å².